The van der Waals surface area contributed by atoms with Crippen LogP contribution in [0.2, 0.25) is 0 Å². The number of benzene rings is 1. The molecule has 0 bridgehead atoms. The Labute approximate surface area is 149 Å². The summed E-state index contributed by atoms with van der Waals surface area (Å²) in [5, 5.41) is 2.89. The molecule has 1 aromatic carbocycles. The summed E-state index contributed by atoms with van der Waals surface area (Å²) in [5.41, 5.74) is 0.138. The van der Waals surface area contributed by atoms with Crippen molar-refractivity contribution in [3.63, 3.8) is 0 Å². The highest BCUT2D eigenvalue weighted by Gasteiger charge is 2.40. The Kier molecular flexibility index (Phi) is 5.04. The molecule has 0 radical (unpaired) electrons. The summed E-state index contributed by atoms with van der Waals surface area (Å²) in [7, 11) is 1.76. The van der Waals surface area contributed by atoms with Gasteiger partial charge in [-0.25, -0.2) is 0 Å². The SMILES string of the molecule is CN(CNC(=O)C(C)(C)C(C)(C)C)CN1C(=O)c2ccccc2C1=O. The van der Waals surface area contributed by atoms with Gasteiger partial charge < -0.3 is 5.32 Å². The van der Waals surface area contributed by atoms with E-state index in [4.69, 9.17) is 0 Å². The Morgan fingerprint density at radius 1 is 1.04 bits per heavy atom. The number of nitrogens with one attached hydrogen (secondary N) is 1. The molecule has 0 saturated carbocycles. The molecule has 0 spiro atoms. The Morgan fingerprint density at radius 3 is 1.96 bits per heavy atom. The molecule has 0 fully saturated rings. The Hall–Kier alpha value is -2.21. The molecule has 0 atom stereocenters. The predicted octanol–water partition coefficient (Wildman–Crippen LogP) is 2.32. The van der Waals surface area contributed by atoms with Crippen LogP contribution in [0.1, 0.15) is 55.3 Å². The molecule has 1 aliphatic heterocycles. The predicted molar refractivity (Wildman–Crippen MR) is 95.8 cm³/mol. The van der Waals surface area contributed by atoms with E-state index in [0.717, 1.165) is 0 Å². The van der Waals surface area contributed by atoms with Crippen LogP contribution in [0.15, 0.2) is 24.3 Å². The van der Waals surface area contributed by atoms with Crippen molar-refractivity contribution in [2.24, 2.45) is 10.8 Å². The lowest BCUT2D eigenvalue weighted by molar-refractivity contribution is -0.135. The fraction of sp³-hybridized carbons (Fsp3) is 0.526. The normalized spacial score (nSPS) is 14.9. The van der Waals surface area contributed by atoms with Crippen LogP contribution in [0.4, 0.5) is 0 Å². The molecular weight excluding hydrogens is 318 g/mol. The molecule has 0 saturated heterocycles. The zero-order valence-corrected chi connectivity index (χ0v) is 15.8. The maximum atomic E-state index is 12.5. The third kappa shape index (κ3) is 3.58. The van der Waals surface area contributed by atoms with Gasteiger partial charge in [-0.1, -0.05) is 46.8 Å². The second kappa shape index (κ2) is 6.59. The summed E-state index contributed by atoms with van der Waals surface area (Å²) in [6.07, 6.45) is 0. The lowest BCUT2D eigenvalue weighted by Gasteiger charge is -2.37. The first kappa shape index (κ1) is 19.1. The minimum absolute atomic E-state index is 0.0609. The van der Waals surface area contributed by atoms with E-state index in [1.165, 1.54) is 4.90 Å². The molecule has 0 aromatic heterocycles. The molecule has 1 aliphatic rings. The van der Waals surface area contributed by atoms with Crippen LogP contribution in [-0.4, -0.2) is 47.9 Å². The number of amides is 3. The standard InChI is InChI=1S/C19H27N3O3/c1-18(2,3)19(4,5)17(25)20-11-21(6)12-22-15(23)13-9-7-8-10-14(13)16(22)24/h7-10H,11-12H2,1-6H3,(H,20,25). The quantitative estimate of drug-likeness (QED) is 0.657. The van der Waals surface area contributed by atoms with Crippen molar-refractivity contribution < 1.29 is 14.4 Å². The molecule has 1 N–H and O–H groups in total. The highest BCUT2D eigenvalue weighted by atomic mass is 16.2. The molecule has 2 rings (SSSR count). The monoisotopic (exact) mass is 345 g/mol. The largest absolute Gasteiger partial charge is 0.343 e. The number of nitrogens with zero attached hydrogens (tertiary/aromatic N) is 2. The van der Waals surface area contributed by atoms with Crippen molar-refractivity contribution in [1.29, 1.82) is 0 Å². The van der Waals surface area contributed by atoms with E-state index in [0.29, 0.717) is 11.1 Å². The van der Waals surface area contributed by atoms with E-state index in [1.807, 2.05) is 34.6 Å². The van der Waals surface area contributed by atoms with E-state index in [-0.39, 0.29) is 36.5 Å². The van der Waals surface area contributed by atoms with Gasteiger partial charge in [-0.05, 0) is 24.6 Å². The minimum atomic E-state index is -0.538. The number of fused-ring (bicyclic) bond motifs is 1. The van der Waals surface area contributed by atoms with Gasteiger partial charge in [0.25, 0.3) is 11.8 Å². The second-order valence-electron chi connectivity index (χ2n) is 8.12. The van der Waals surface area contributed by atoms with Crippen LogP contribution in [0.5, 0.6) is 0 Å². The molecule has 6 heteroatoms. The van der Waals surface area contributed by atoms with Gasteiger partial charge in [-0.15, -0.1) is 0 Å². The van der Waals surface area contributed by atoms with Crippen molar-refractivity contribution in [2.45, 2.75) is 34.6 Å². The fourth-order valence-corrected chi connectivity index (χ4v) is 2.43. The average Bonchev–Trinajstić information content (AvgIpc) is 2.77. The number of imide groups is 1. The Balaban J connectivity index is 1.96. The summed E-state index contributed by atoms with van der Waals surface area (Å²) in [4.78, 5) is 40.1. The Morgan fingerprint density at radius 2 is 1.52 bits per heavy atom. The van der Waals surface area contributed by atoms with Gasteiger partial charge in [0, 0.05) is 5.41 Å². The van der Waals surface area contributed by atoms with Gasteiger partial charge >= 0.3 is 0 Å². The van der Waals surface area contributed by atoms with Crippen LogP contribution in [0, 0.1) is 10.8 Å². The van der Waals surface area contributed by atoms with Crippen LogP contribution in [0.3, 0.4) is 0 Å². The van der Waals surface area contributed by atoms with Gasteiger partial charge in [0.05, 0.1) is 24.5 Å². The maximum absolute atomic E-state index is 12.5. The van der Waals surface area contributed by atoms with Gasteiger partial charge in [-0.2, -0.15) is 0 Å². The third-order valence-electron chi connectivity index (χ3n) is 5.21. The third-order valence-corrected chi connectivity index (χ3v) is 5.21. The smallest absolute Gasteiger partial charge is 0.262 e. The topological polar surface area (TPSA) is 69.7 Å². The highest BCUT2D eigenvalue weighted by Crippen LogP contribution is 2.37. The maximum Gasteiger partial charge on any atom is 0.262 e. The van der Waals surface area contributed by atoms with Crippen molar-refractivity contribution >= 4 is 17.7 Å². The number of hydrogen-bond donors (Lipinski definition) is 1. The Bertz CT molecular complexity index is 669. The van der Waals surface area contributed by atoms with Crippen LogP contribution in [-0.2, 0) is 4.79 Å². The lowest BCUT2D eigenvalue weighted by atomic mass is 9.69. The summed E-state index contributed by atoms with van der Waals surface area (Å²) >= 11 is 0. The summed E-state index contributed by atoms with van der Waals surface area (Å²) in [5.74, 6) is -0.656. The zero-order chi connectivity index (χ0) is 19.0. The molecular formula is C19H27N3O3. The zero-order valence-electron chi connectivity index (χ0n) is 15.8. The van der Waals surface area contributed by atoms with Gasteiger partial charge in [-0.3, -0.25) is 24.2 Å². The van der Waals surface area contributed by atoms with E-state index in [2.05, 4.69) is 5.32 Å². The van der Waals surface area contributed by atoms with Crippen molar-refractivity contribution in [3.8, 4) is 0 Å². The second-order valence-corrected chi connectivity index (χ2v) is 8.12. The first-order valence-corrected chi connectivity index (χ1v) is 8.39. The first-order chi connectivity index (χ1) is 11.5. The number of hydrogen-bond acceptors (Lipinski definition) is 4. The lowest BCUT2D eigenvalue weighted by Crippen LogP contribution is -2.49. The van der Waals surface area contributed by atoms with Gasteiger partial charge in [0.1, 0.15) is 0 Å². The summed E-state index contributed by atoms with van der Waals surface area (Å²) < 4.78 is 0. The average molecular weight is 345 g/mol. The molecule has 136 valence electrons. The van der Waals surface area contributed by atoms with Gasteiger partial charge in [0.2, 0.25) is 5.91 Å². The molecule has 1 aromatic rings. The van der Waals surface area contributed by atoms with Crippen molar-refractivity contribution in [3.05, 3.63) is 35.4 Å². The molecule has 1 heterocycles. The number of rotatable bonds is 5. The van der Waals surface area contributed by atoms with E-state index >= 15 is 0 Å². The van der Waals surface area contributed by atoms with E-state index < -0.39 is 5.41 Å². The number of carbonyl (C=O) groups is 3. The van der Waals surface area contributed by atoms with Crippen LogP contribution in [0.25, 0.3) is 0 Å². The number of carbonyl (C=O) groups excluding carboxylic acids is 3. The fourth-order valence-electron chi connectivity index (χ4n) is 2.43. The highest BCUT2D eigenvalue weighted by molar-refractivity contribution is 6.21. The summed E-state index contributed by atoms with van der Waals surface area (Å²) in [6.45, 7) is 10.3. The first-order valence-electron chi connectivity index (χ1n) is 8.39. The molecule has 25 heavy (non-hydrogen) atoms. The van der Waals surface area contributed by atoms with E-state index in [1.54, 1.807) is 36.2 Å². The molecule has 0 aliphatic carbocycles. The summed E-state index contributed by atoms with van der Waals surface area (Å²) in [6, 6.07) is 6.80. The van der Waals surface area contributed by atoms with Crippen molar-refractivity contribution in [1.82, 2.24) is 15.1 Å². The van der Waals surface area contributed by atoms with Crippen molar-refractivity contribution in [2.75, 3.05) is 20.4 Å². The minimum Gasteiger partial charge on any atom is -0.343 e. The van der Waals surface area contributed by atoms with Crippen LogP contribution < -0.4 is 5.32 Å². The van der Waals surface area contributed by atoms with E-state index in [9.17, 15) is 14.4 Å². The molecule has 0 unspecified atom stereocenters. The molecule has 3 amide bonds. The van der Waals surface area contributed by atoms with Crippen LogP contribution >= 0.6 is 0 Å². The molecule has 6 nitrogen and oxygen atoms in total. The van der Waals surface area contributed by atoms with Gasteiger partial charge in [0.15, 0.2) is 0 Å².